The number of benzene rings is 2. The molecule has 9 heteroatoms. The van der Waals surface area contributed by atoms with Crippen LogP contribution in [0, 0.1) is 10.1 Å². The van der Waals surface area contributed by atoms with Gasteiger partial charge in [0.2, 0.25) is 10.0 Å². The Morgan fingerprint density at radius 1 is 1.12 bits per heavy atom. The molecule has 1 aliphatic rings. The smallest absolute Gasteiger partial charge is 0.310 e. The molecular weight excluding hydrogens is 348 g/mol. The van der Waals surface area contributed by atoms with E-state index < -0.39 is 20.9 Å². The van der Waals surface area contributed by atoms with Gasteiger partial charge in [-0.05, 0) is 17.7 Å². The molecule has 0 saturated heterocycles. The van der Waals surface area contributed by atoms with Gasteiger partial charge in [-0.3, -0.25) is 14.9 Å². The fourth-order valence-electron chi connectivity index (χ4n) is 2.60. The van der Waals surface area contributed by atoms with Crippen molar-refractivity contribution in [1.82, 2.24) is 4.31 Å². The topological polar surface area (TPSA) is 107 Å². The van der Waals surface area contributed by atoms with Crippen molar-refractivity contribution in [3.8, 4) is 5.75 Å². The molecule has 0 N–H and O–H groups in total. The highest BCUT2D eigenvalue weighted by atomic mass is 32.2. The van der Waals surface area contributed by atoms with Crippen LogP contribution in [-0.2, 0) is 15.8 Å². The van der Waals surface area contributed by atoms with Gasteiger partial charge < -0.3 is 4.74 Å². The highest BCUT2D eigenvalue weighted by molar-refractivity contribution is 7.89. The third-order valence-corrected chi connectivity index (χ3v) is 5.46. The summed E-state index contributed by atoms with van der Waals surface area (Å²) in [5.41, 5.74) is 0.576. The Bertz CT molecular complexity index is 941. The number of carbonyl (C=O) groups excluding carboxylic acids is 1. The lowest BCUT2D eigenvalue weighted by atomic mass is 10.1. The van der Waals surface area contributed by atoms with Crippen LogP contribution in [0.2, 0.25) is 0 Å². The van der Waals surface area contributed by atoms with Crippen molar-refractivity contribution in [2.24, 2.45) is 0 Å². The number of rotatable bonds is 5. The lowest BCUT2D eigenvalue weighted by Gasteiger charge is -2.27. The van der Waals surface area contributed by atoms with Gasteiger partial charge in [-0.15, -0.1) is 0 Å². The van der Waals surface area contributed by atoms with E-state index >= 15 is 0 Å². The molecule has 130 valence electrons. The number of nitro groups is 1. The SMILES string of the molecule is O=C1c2ccccc2CS(=O)(=O)N1CCOc1ccccc1[N+](=O)[O-]. The van der Waals surface area contributed by atoms with Gasteiger partial charge in [0.1, 0.15) is 6.61 Å². The molecule has 0 atom stereocenters. The van der Waals surface area contributed by atoms with E-state index in [1.165, 1.54) is 18.2 Å². The molecule has 0 saturated carbocycles. The maximum Gasteiger partial charge on any atom is 0.310 e. The maximum atomic E-state index is 12.4. The Balaban J connectivity index is 1.76. The summed E-state index contributed by atoms with van der Waals surface area (Å²) in [7, 11) is -3.80. The first-order valence-electron chi connectivity index (χ1n) is 7.39. The normalized spacial score (nSPS) is 15.5. The van der Waals surface area contributed by atoms with Crippen molar-refractivity contribution in [1.29, 1.82) is 0 Å². The van der Waals surface area contributed by atoms with Crippen LogP contribution in [0.3, 0.4) is 0 Å². The Labute approximate surface area is 143 Å². The second-order valence-electron chi connectivity index (χ2n) is 5.36. The molecule has 1 amide bonds. The minimum absolute atomic E-state index is 0.0229. The molecule has 0 aliphatic carbocycles. The van der Waals surface area contributed by atoms with Crippen LogP contribution >= 0.6 is 0 Å². The van der Waals surface area contributed by atoms with E-state index in [-0.39, 0.29) is 30.3 Å². The third-order valence-electron chi connectivity index (χ3n) is 3.76. The maximum absolute atomic E-state index is 12.4. The summed E-state index contributed by atoms with van der Waals surface area (Å²) in [6.07, 6.45) is 0. The van der Waals surface area contributed by atoms with Gasteiger partial charge in [-0.2, -0.15) is 0 Å². The number of nitro benzene ring substituents is 1. The lowest BCUT2D eigenvalue weighted by Crippen LogP contribution is -2.44. The first-order valence-corrected chi connectivity index (χ1v) is 9.00. The molecule has 0 fully saturated rings. The molecule has 25 heavy (non-hydrogen) atoms. The number of fused-ring (bicyclic) bond motifs is 1. The van der Waals surface area contributed by atoms with E-state index in [0.29, 0.717) is 11.1 Å². The van der Waals surface area contributed by atoms with Crippen LogP contribution in [-0.4, -0.2) is 36.7 Å². The second kappa shape index (κ2) is 6.52. The summed E-state index contributed by atoms with van der Waals surface area (Å²) in [5.74, 6) is -0.858. The molecule has 0 aromatic heterocycles. The Kier molecular flexibility index (Phi) is 4.41. The van der Waals surface area contributed by atoms with Crippen molar-refractivity contribution in [2.75, 3.05) is 13.2 Å². The fraction of sp³-hybridized carbons (Fsp3) is 0.188. The number of ether oxygens (including phenoxy) is 1. The summed E-state index contributed by atoms with van der Waals surface area (Å²) < 4.78 is 30.7. The lowest BCUT2D eigenvalue weighted by molar-refractivity contribution is -0.385. The first kappa shape index (κ1) is 16.9. The quantitative estimate of drug-likeness (QED) is 0.594. The molecule has 0 radical (unpaired) electrons. The second-order valence-corrected chi connectivity index (χ2v) is 7.26. The summed E-state index contributed by atoms with van der Waals surface area (Å²) in [6.45, 7) is -0.403. The van der Waals surface area contributed by atoms with Crippen LogP contribution in [0.4, 0.5) is 5.69 Å². The van der Waals surface area contributed by atoms with Gasteiger partial charge >= 0.3 is 5.69 Å². The van der Waals surface area contributed by atoms with Crippen molar-refractivity contribution in [2.45, 2.75) is 5.75 Å². The minimum atomic E-state index is -3.80. The number of sulfonamides is 1. The Morgan fingerprint density at radius 3 is 2.56 bits per heavy atom. The zero-order chi connectivity index (χ0) is 18.0. The summed E-state index contributed by atoms with van der Waals surface area (Å²) in [6, 6.07) is 12.3. The van der Waals surface area contributed by atoms with Crippen molar-refractivity contribution >= 4 is 21.6 Å². The van der Waals surface area contributed by atoms with E-state index in [9.17, 15) is 23.3 Å². The van der Waals surface area contributed by atoms with E-state index in [1.54, 1.807) is 30.3 Å². The fourth-order valence-corrected chi connectivity index (χ4v) is 4.10. The number of amides is 1. The molecule has 8 nitrogen and oxygen atoms in total. The number of nitrogens with zero attached hydrogens (tertiary/aromatic N) is 2. The largest absolute Gasteiger partial charge is 0.485 e. The zero-order valence-electron chi connectivity index (χ0n) is 13.0. The number of hydrogen-bond donors (Lipinski definition) is 0. The number of carbonyl (C=O) groups is 1. The van der Waals surface area contributed by atoms with E-state index in [1.807, 2.05) is 0 Å². The highest BCUT2D eigenvalue weighted by Gasteiger charge is 2.35. The van der Waals surface area contributed by atoms with Crippen LogP contribution in [0.1, 0.15) is 15.9 Å². The predicted octanol–water partition coefficient (Wildman–Crippen LogP) is 1.96. The van der Waals surface area contributed by atoms with Gasteiger partial charge in [0.15, 0.2) is 5.75 Å². The molecule has 0 spiro atoms. The third kappa shape index (κ3) is 3.31. The molecule has 2 aromatic carbocycles. The first-order chi connectivity index (χ1) is 11.9. The van der Waals surface area contributed by atoms with Crippen LogP contribution in [0.15, 0.2) is 48.5 Å². The van der Waals surface area contributed by atoms with Gasteiger partial charge in [-0.1, -0.05) is 30.3 Å². The van der Waals surface area contributed by atoms with Gasteiger partial charge in [0, 0.05) is 11.6 Å². The highest BCUT2D eigenvalue weighted by Crippen LogP contribution is 2.27. The molecule has 0 unspecified atom stereocenters. The summed E-state index contributed by atoms with van der Waals surface area (Å²) >= 11 is 0. The molecule has 2 aromatic rings. The molecular formula is C16H14N2O6S. The summed E-state index contributed by atoms with van der Waals surface area (Å²) in [4.78, 5) is 22.8. The van der Waals surface area contributed by atoms with Crippen LogP contribution < -0.4 is 4.74 Å². The monoisotopic (exact) mass is 362 g/mol. The van der Waals surface area contributed by atoms with Crippen molar-refractivity contribution < 1.29 is 22.9 Å². The van der Waals surface area contributed by atoms with E-state index in [2.05, 4.69) is 0 Å². The van der Waals surface area contributed by atoms with E-state index in [0.717, 1.165) is 4.31 Å². The minimum Gasteiger partial charge on any atom is -0.485 e. The van der Waals surface area contributed by atoms with Gasteiger partial charge in [-0.25, -0.2) is 12.7 Å². The molecule has 0 bridgehead atoms. The Morgan fingerprint density at radius 2 is 1.80 bits per heavy atom. The zero-order valence-corrected chi connectivity index (χ0v) is 13.8. The van der Waals surface area contributed by atoms with Crippen LogP contribution in [0.25, 0.3) is 0 Å². The average Bonchev–Trinajstić information content (AvgIpc) is 2.57. The van der Waals surface area contributed by atoms with Gasteiger partial charge in [0.25, 0.3) is 5.91 Å². The van der Waals surface area contributed by atoms with Crippen molar-refractivity contribution in [3.05, 3.63) is 69.8 Å². The molecule has 1 heterocycles. The van der Waals surface area contributed by atoms with E-state index in [4.69, 9.17) is 4.74 Å². The Hall–Kier alpha value is -2.94. The van der Waals surface area contributed by atoms with Crippen LogP contribution in [0.5, 0.6) is 5.75 Å². The van der Waals surface area contributed by atoms with Crippen molar-refractivity contribution in [3.63, 3.8) is 0 Å². The van der Waals surface area contributed by atoms with Gasteiger partial charge in [0.05, 0.1) is 17.2 Å². The molecule has 3 rings (SSSR count). The number of hydrogen-bond acceptors (Lipinski definition) is 6. The average molecular weight is 362 g/mol. The standard InChI is InChI=1S/C16H14N2O6S/c19-16-13-6-2-1-5-12(13)11-25(22,23)17(16)9-10-24-15-8-4-3-7-14(15)18(20)21/h1-8H,9-11H2. The molecule has 1 aliphatic heterocycles. The number of para-hydroxylation sites is 2. The summed E-state index contributed by atoms with van der Waals surface area (Å²) in [5, 5.41) is 10.9. The predicted molar refractivity (Wildman–Crippen MR) is 88.7 cm³/mol.